The molecule has 0 saturated heterocycles. The molecular weight excluding hydrogens is 188 g/mol. The lowest BCUT2D eigenvalue weighted by atomic mass is 10.1. The number of aryl methyl sites for hydroxylation is 1. The Bertz CT molecular complexity index is 378. The lowest BCUT2D eigenvalue weighted by Gasteiger charge is -2.07. The van der Waals surface area contributed by atoms with Crippen molar-refractivity contribution < 1.29 is 0 Å². The Labute approximate surface area is 90.0 Å². The van der Waals surface area contributed by atoms with Gasteiger partial charge in [-0.25, -0.2) is 4.68 Å². The maximum atomic E-state index is 6.07. The summed E-state index contributed by atoms with van der Waals surface area (Å²) in [4.78, 5) is 2.26. The zero-order valence-electron chi connectivity index (χ0n) is 9.24. The van der Waals surface area contributed by atoms with Crippen LogP contribution in [0.25, 0.3) is 0 Å². The number of nitrogens with zero attached hydrogens (tertiary/aromatic N) is 3. The van der Waals surface area contributed by atoms with Crippen LogP contribution in [0, 0.1) is 0 Å². The van der Waals surface area contributed by atoms with E-state index in [0.29, 0.717) is 0 Å². The van der Waals surface area contributed by atoms with Gasteiger partial charge in [0, 0.05) is 25.2 Å². The molecule has 0 spiro atoms. The van der Waals surface area contributed by atoms with E-state index in [4.69, 9.17) is 5.73 Å². The first-order valence-electron chi connectivity index (χ1n) is 5.73. The molecule has 0 unspecified atom stereocenters. The van der Waals surface area contributed by atoms with Crippen LogP contribution in [0.15, 0.2) is 6.07 Å². The summed E-state index contributed by atoms with van der Waals surface area (Å²) in [6.45, 7) is 2.11. The zero-order valence-corrected chi connectivity index (χ0v) is 9.24. The van der Waals surface area contributed by atoms with Crippen LogP contribution < -0.4 is 10.6 Å². The lowest BCUT2D eigenvalue weighted by Crippen LogP contribution is -2.22. The number of anilines is 1. The molecule has 2 aliphatic rings. The van der Waals surface area contributed by atoms with Gasteiger partial charge in [0.05, 0.1) is 12.2 Å². The predicted octanol–water partition coefficient (Wildman–Crippen LogP) is 0.757. The van der Waals surface area contributed by atoms with E-state index in [2.05, 4.69) is 27.8 Å². The van der Waals surface area contributed by atoms with Gasteiger partial charge >= 0.3 is 0 Å². The molecule has 4 nitrogen and oxygen atoms in total. The van der Waals surface area contributed by atoms with Crippen molar-refractivity contribution in [3.05, 3.63) is 11.8 Å². The fourth-order valence-electron chi connectivity index (χ4n) is 2.20. The van der Waals surface area contributed by atoms with Crippen molar-refractivity contribution in [2.24, 2.45) is 5.73 Å². The van der Waals surface area contributed by atoms with Gasteiger partial charge in [-0.15, -0.1) is 0 Å². The fourth-order valence-corrected chi connectivity index (χ4v) is 2.20. The van der Waals surface area contributed by atoms with Crippen molar-refractivity contribution in [2.45, 2.75) is 37.8 Å². The van der Waals surface area contributed by atoms with Crippen LogP contribution in [0.5, 0.6) is 0 Å². The molecule has 0 amide bonds. The number of fused-ring (bicyclic) bond motifs is 1. The standard InChI is InChI=1S/C11H18N4/c1-14-6-7-15-10(14)8-9(13-15)2-3-11(12)4-5-11/h8H,2-7,12H2,1H3. The second-order valence-corrected chi connectivity index (χ2v) is 5.00. The van der Waals surface area contributed by atoms with Crippen molar-refractivity contribution in [3.8, 4) is 0 Å². The monoisotopic (exact) mass is 206 g/mol. The van der Waals surface area contributed by atoms with Gasteiger partial charge in [0.2, 0.25) is 0 Å². The first-order chi connectivity index (χ1) is 7.16. The van der Waals surface area contributed by atoms with E-state index in [1.165, 1.54) is 24.4 Å². The first kappa shape index (κ1) is 9.21. The van der Waals surface area contributed by atoms with Crippen LogP contribution in [-0.4, -0.2) is 28.9 Å². The summed E-state index contributed by atoms with van der Waals surface area (Å²) in [5.74, 6) is 1.26. The van der Waals surface area contributed by atoms with Crippen molar-refractivity contribution in [1.29, 1.82) is 0 Å². The highest BCUT2D eigenvalue weighted by molar-refractivity contribution is 5.42. The molecular formula is C11H18N4. The van der Waals surface area contributed by atoms with Crippen LogP contribution in [0.2, 0.25) is 0 Å². The van der Waals surface area contributed by atoms with Gasteiger partial charge in [0.25, 0.3) is 0 Å². The average molecular weight is 206 g/mol. The number of aromatic nitrogens is 2. The normalized spacial score (nSPS) is 21.9. The molecule has 82 valence electrons. The molecule has 1 aromatic heterocycles. The maximum absolute atomic E-state index is 6.07. The quantitative estimate of drug-likeness (QED) is 0.794. The van der Waals surface area contributed by atoms with E-state index in [1.54, 1.807) is 0 Å². The number of nitrogens with two attached hydrogens (primary N) is 1. The number of hydrogen-bond donors (Lipinski definition) is 1. The molecule has 3 rings (SSSR count). The second-order valence-electron chi connectivity index (χ2n) is 5.00. The average Bonchev–Trinajstić information content (AvgIpc) is 2.69. The Morgan fingerprint density at radius 2 is 2.27 bits per heavy atom. The summed E-state index contributed by atoms with van der Waals surface area (Å²) in [5, 5.41) is 4.59. The van der Waals surface area contributed by atoms with E-state index in [-0.39, 0.29) is 5.54 Å². The molecule has 0 aromatic carbocycles. The highest BCUT2D eigenvalue weighted by atomic mass is 15.4. The summed E-state index contributed by atoms with van der Waals surface area (Å²) in [6, 6.07) is 2.21. The summed E-state index contributed by atoms with van der Waals surface area (Å²) >= 11 is 0. The summed E-state index contributed by atoms with van der Waals surface area (Å²) in [5.41, 5.74) is 7.42. The first-order valence-corrected chi connectivity index (χ1v) is 5.73. The van der Waals surface area contributed by atoms with Crippen molar-refractivity contribution >= 4 is 5.82 Å². The summed E-state index contributed by atoms with van der Waals surface area (Å²) < 4.78 is 2.10. The predicted molar refractivity (Wildman–Crippen MR) is 60.0 cm³/mol. The van der Waals surface area contributed by atoms with Crippen LogP contribution in [0.4, 0.5) is 5.82 Å². The van der Waals surface area contributed by atoms with Crippen molar-refractivity contribution in [2.75, 3.05) is 18.5 Å². The summed E-state index contributed by atoms with van der Waals surface area (Å²) in [7, 11) is 2.12. The third kappa shape index (κ3) is 1.63. The van der Waals surface area contributed by atoms with Crippen molar-refractivity contribution in [1.82, 2.24) is 9.78 Å². The Morgan fingerprint density at radius 1 is 1.47 bits per heavy atom. The minimum Gasteiger partial charge on any atom is -0.358 e. The molecule has 4 heteroatoms. The smallest absolute Gasteiger partial charge is 0.126 e. The molecule has 1 aliphatic heterocycles. The lowest BCUT2D eigenvalue weighted by molar-refractivity contribution is 0.591. The molecule has 2 N–H and O–H groups in total. The minimum atomic E-state index is 0.153. The van der Waals surface area contributed by atoms with Crippen LogP contribution in [0.3, 0.4) is 0 Å². The SMILES string of the molecule is CN1CCn2nc(CCC3(N)CC3)cc21. The summed E-state index contributed by atoms with van der Waals surface area (Å²) in [6.07, 6.45) is 4.51. The van der Waals surface area contributed by atoms with E-state index in [9.17, 15) is 0 Å². The number of hydrogen-bond acceptors (Lipinski definition) is 3. The highest BCUT2D eigenvalue weighted by Gasteiger charge is 2.37. The third-order valence-electron chi connectivity index (χ3n) is 3.62. The Balaban J connectivity index is 1.69. The fraction of sp³-hybridized carbons (Fsp3) is 0.727. The molecule has 0 bridgehead atoms. The Hall–Kier alpha value is -1.03. The second kappa shape index (κ2) is 2.98. The zero-order chi connectivity index (χ0) is 10.5. The number of likely N-dealkylation sites (N-methyl/N-ethyl adjacent to an activating group) is 1. The van der Waals surface area contributed by atoms with Gasteiger partial charge in [0.1, 0.15) is 5.82 Å². The van der Waals surface area contributed by atoms with E-state index in [1.807, 2.05) is 0 Å². The maximum Gasteiger partial charge on any atom is 0.126 e. The minimum absolute atomic E-state index is 0.153. The van der Waals surface area contributed by atoms with E-state index >= 15 is 0 Å². The van der Waals surface area contributed by atoms with Crippen LogP contribution in [0.1, 0.15) is 25.0 Å². The van der Waals surface area contributed by atoms with E-state index in [0.717, 1.165) is 25.9 Å². The molecule has 2 heterocycles. The van der Waals surface area contributed by atoms with Gasteiger partial charge < -0.3 is 10.6 Å². The van der Waals surface area contributed by atoms with Gasteiger partial charge in [-0.3, -0.25) is 0 Å². The van der Waals surface area contributed by atoms with Crippen LogP contribution in [-0.2, 0) is 13.0 Å². The molecule has 0 atom stereocenters. The van der Waals surface area contributed by atoms with Crippen molar-refractivity contribution in [3.63, 3.8) is 0 Å². The van der Waals surface area contributed by atoms with Gasteiger partial charge in [-0.2, -0.15) is 5.10 Å². The topological polar surface area (TPSA) is 47.1 Å². The van der Waals surface area contributed by atoms with Crippen LogP contribution >= 0.6 is 0 Å². The Kier molecular flexibility index (Phi) is 1.83. The van der Waals surface area contributed by atoms with Gasteiger partial charge in [0.15, 0.2) is 0 Å². The third-order valence-corrected chi connectivity index (χ3v) is 3.62. The molecule has 15 heavy (non-hydrogen) atoms. The molecule has 1 fully saturated rings. The van der Waals surface area contributed by atoms with Gasteiger partial charge in [-0.1, -0.05) is 0 Å². The molecule has 1 saturated carbocycles. The number of rotatable bonds is 3. The molecule has 1 aliphatic carbocycles. The largest absolute Gasteiger partial charge is 0.358 e. The molecule has 0 radical (unpaired) electrons. The Morgan fingerprint density at radius 3 is 2.93 bits per heavy atom. The highest BCUT2D eigenvalue weighted by Crippen LogP contribution is 2.36. The van der Waals surface area contributed by atoms with E-state index < -0.39 is 0 Å². The van der Waals surface area contributed by atoms with Gasteiger partial charge in [-0.05, 0) is 25.7 Å². The molecule has 1 aromatic rings.